The minimum absolute atomic E-state index is 0.0229. The summed E-state index contributed by atoms with van der Waals surface area (Å²) < 4.78 is 31.5. The lowest BCUT2D eigenvalue weighted by atomic mass is 10.2. The molecule has 0 saturated heterocycles. The number of hydrogen-bond donors (Lipinski definition) is 2. The maximum absolute atomic E-state index is 13.4. The SMILES string of the molecule is Nc1ccc(F)c(F)c1NC(=O)CCc1ccco1. The maximum atomic E-state index is 13.4. The molecule has 0 spiro atoms. The Labute approximate surface area is 108 Å². The van der Waals surface area contributed by atoms with Gasteiger partial charge in [0.05, 0.1) is 12.0 Å². The van der Waals surface area contributed by atoms with Crippen molar-refractivity contribution in [2.45, 2.75) is 12.8 Å². The highest BCUT2D eigenvalue weighted by Gasteiger charge is 2.14. The fourth-order valence-electron chi connectivity index (χ4n) is 1.59. The zero-order chi connectivity index (χ0) is 13.8. The first-order valence-electron chi connectivity index (χ1n) is 5.63. The van der Waals surface area contributed by atoms with Gasteiger partial charge < -0.3 is 15.5 Å². The third-order valence-corrected chi connectivity index (χ3v) is 2.57. The third kappa shape index (κ3) is 3.09. The summed E-state index contributed by atoms with van der Waals surface area (Å²) in [5.41, 5.74) is 5.14. The second-order valence-corrected chi connectivity index (χ2v) is 3.95. The van der Waals surface area contributed by atoms with E-state index in [-0.39, 0.29) is 17.8 Å². The first-order valence-corrected chi connectivity index (χ1v) is 5.63. The predicted molar refractivity (Wildman–Crippen MR) is 66.4 cm³/mol. The van der Waals surface area contributed by atoms with Crippen LogP contribution in [0.5, 0.6) is 0 Å². The van der Waals surface area contributed by atoms with Crippen LogP contribution < -0.4 is 11.1 Å². The Bertz CT molecular complexity index is 583. The van der Waals surface area contributed by atoms with Crippen LogP contribution in [-0.4, -0.2) is 5.91 Å². The summed E-state index contributed by atoms with van der Waals surface area (Å²) in [7, 11) is 0. The fraction of sp³-hybridized carbons (Fsp3) is 0.154. The lowest BCUT2D eigenvalue weighted by Crippen LogP contribution is -2.15. The van der Waals surface area contributed by atoms with E-state index in [0.717, 1.165) is 6.07 Å². The zero-order valence-corrected chi connectivity index (χ0v) is 9.95. The summed E-state index contributed by atoms with van der Waals surface area (Å²) in [4.78, 5) is 11.6. The predicted octanol–water partition coefficient (Wildman–Crippen LogP) is 2.71. The largest absolute Gasteiger partial charge is 0.469 e. The number of nitrogens with two attached hydrogens (primary N) is 1. The molecule has 0 aliphatic heterocycles. The molecule has 0 saturated carbocycles. The molecule has 1 heterocycles. The highest BCUT2D eigenvalue weighted by molar-refractivity contribution is 5.94. The molecule has 0 radical (unpaired) electrons. The number of carbonyl (C=O) groups is 1. The second-order valence-electron chi connectivity index (χ2n) is 3.95. The van der Waals surface area contributed by atoms with Crippen molar-refractivity contribution in [3.63, 3.8) is 0 Å². The second kappa shape index (κ2) is 5.51. The Morgan fingerprint density at radius 2 is 2.11 bits per heavy atom. The fourth-order valence-corrected chi connectivity index (χ4v) is 1.59. The summed E-state index contributed by atoms with van der Waals surface area (Å²) in [5.74, 6) is -2.04. The molecule has 6 heteroatoms. The van der Waals surface area contributed by atoms with E-state index in [9.17, 15) is 13.6 Å². The van der Waals surface area contributed by atoms with E-state index >= 15 is 0 Å². The Morgan fingerprint density at radius 1 is 1.32 bits per heavy atom. The number of nitrogens with one attached hydrogen (secondary N) is 1. The number of anilines is 2. The number of furan rings is 1. The van der Waals surface area contributed by atoms with E-state index < -0.39 is 17.5 Å². The molecule has 19 heavy (non-hydrogen) atoms. The highest BCUT2D eigenvalue weighted by atomic mass is 19.2. The normalized spacial score (nSPS) is 10.4. The lowest BCUT2D eigenvalue weighted by molar-refractivity contribution is -0.116. The van der Waals surface area contributed by atoms with Crippen molar-refractivity contribution in [3.05, 3.63) is 47.9 Å². The summed E-state index contributed by atoms with van der Waals surface area (Å²) in [6.07, 6.45) is 1.95. The van der Waals surface area contributed by atoms with Crippen molar-refractivity contribution in [2.75, 3.05) is 11.1 Å². The average Bonchev–Trinajstić information content (AvgIpc) is 2.90. The minimum atomic E-state index is -1.16. The average molecular weight is 266 g/mol. The molecule has 4 nitrogen and oxygen atoms in total. The van der Waals surface area contributed by atoms with Gasteiger partial charge in [0.15, 0.2) is 11.6 Å². The van der Waals surface area contributed by atoms with Crippen LogP contribution in [0, 0.1) is 11.6 Å². The topological polar surface area (TPSA) is 68.3 Å². The first-order chi connectivity index (χ1) is 9.08. The van der Waals surface area contributed by atoms with E-state index in [1.54, 1.807) is 12.1 Å². The summed E-state index contributed by atoms with van der Waals surface area (Å²) >= 11 is 0. The van der Waals surface area contributed by atoms with Crippen molar-refractivity contribution in [2.24, 2.45) is 0 Å². The standard InChI is InChI=1S/C13H12F2N2O2/c14-9-4-5-10(16)13(12(9)15)17-11(18)6-3-8-2-1-7-19-8/h1-2,4-5,7H,3,6,16H2,(H,17,18). The monoisotopic (exact) mass is 266 g/mol. The number of nitrogen functional groups attached to an aromatic ring is 1. The van der Waals surface area contributed by atoms with Gasteiger partial charge in [0.2, 0.25) is 5.91 Å². The number of rotatable bonds is 4. The molecule has 2 aromatic rings. The zero-order valence-electron chi connectivity index (χ0n) is 9.95. The number of halogens is 2. The summed E-state index contributed by atoms with van der Waals surface area (Å²) in [6.45, 7) is 0. The van der Waals surface area contributed by atoms with Crippen molar-refractivity contribution < 1.29 is 18.0 Å². The quantitative estimate of drug-likeness (QED) is 0.836. The van der Waals surface area contributed by atoms with Gasteiger partial charge in [-0.2, -0.15) is 0 Å². The molecule has 0 unspecified atom stereocenters. The molecule has 1 aromatic carbocycles. The number of amides is 1. The summed E-state index contributed by atoms with van der Waals surface area (Å²) in [5, 5.41) is 2.26. The van der Waals surface area contributed by atoms with Crippen LogP contribution in [0.1, 0.15) is 12.2 Å². The molecule has 0 aliphatic carbocycles. The van der Waals surface area contributed by atoms with Gasteiger partial charge in [-0.15, -0.1) is 0 Å². The van der Waals surface area contributed by atoms with E-state index in [4.69, 9.17) is 10.2 Å². The summed E-state index contributed by atoms with van der Waals surface area (Å²) in [6, 6.07) is 5.53. The number of aryl methyl sites for hydroxylation is 1. The van der Waals surface area contributed by atoms with Crippen LogP contribution in [-0.2, 0) is 11.2 Å². The first kappa shape index (κ1) is 13.1. The van der Waals surface area contributed by atoms with Crippen molar-refractivity contribution in [1.29, 1.82) is 0 Å². The van der Waals surface area contributed by atoms with Crippen LogP contribution in [0.4, 0.5) is 20.2 Å². The van der Waals surface area contributed by atoms with Crippen LogP contribution in [0.15, 0.2) is 34.9 Å². The van der Waals surface area contributed by atoms with E-state index in [2.05, 4.69) is 5.32 Å². The van der Waals surface area contributed by atoms with Gasteiger partial charge in [-0.3, -0.25) is 4.79 Å². The molecule has 0 atom stereocenters. The molecule has 0 bridgehead atoms. The lowest BCUT2D eigenvalue weighted by Gasteiger charge is -2.09. The van der Waals surface area contributed by atoms with Crippen LogP contribution in [0.3, 0.4) is 0 Å². The van der Waals surface area contributed by atoms with Gasteiger partial charge in [-0.05, 0) is 24.3 Å². The van der Waals surface area contributed by atoms with Crippen LogP contribution in [0.25, 0.3) is 0 Å². The van der Waals surface area contributed by atoms with Gasteiger partial charge in [-0.1, -0.05) is 0 Å². The molecule has 100 valence electrons. The number of carbonyl (C=O) groups excluding carboxylic acids is 1. The molecule has 0 aliphatic rings. The molecule has 1 amide bonds. The van der Waals surface area contributed by atoms with Crippen molar-refractivity contribution >= 4 is 17.3 Å². The van der Waals surface area contributed by atoms with Gasteiger partial charge in [0, 0.05) is 12.8 Å². The van der Waals surface area contributed by atoms with Crippen molar-refractivity contribution in [1.82, 2.24) is 0 Å². The van der Waals surface area contributed by atoms with E-state index in [0.29, 0.717) is 12.2 Å². The maximum Gasteiger partial charge on any atom is 0.224 e. The Morgan fingerprint density at radius 3 is 2.79 bits per heavy atom. The van der Waals surface area contributed by atoms with Gasteiger partial charge >= 0.3 is 0 Å². The number of hydrogen-bond acceptors (Lipinski definition) is 3. The Kier molecular flexibility index (Phi) is 3.79. The minimum Gasteiger partial charge on any atom is -0.469 e. The molecular weight excluding hydrogens is 254 g/mol. The van der Waals surface area contributed by atoms with Gasteiger partial charge in [-0.25, -0.2) is 8.78 Å². The molecule has 1 aromatic heterocycles. The molecule has 2 rings (SSSR count). The molecule has 0 fully saturated rings. The smallest absolute Gasteiger partial charge is 0.224 e. The Balaban J connectivity index is 2.01. The van der Waals surface area contributed by atoms with Crippen LogP contribution >= 0.6 is 0 Å². The third-order valence-electron chi connectivity index (χ3n) is 2.57. The highest BCUT2D eigenvalue weighted by Crippen LogP contribution is 2.24. The van der Waals surface area contributed by atoms with Gasteiger partial charge in [0.1, 0.15) is 11.4 Å². The Hall–Kier alpha value is -2.37. The van der Waals surface area contributed by atoms with E-state index in [1.165, 1.54) is 12.3 Å². The van der Waals surface area contributed by atoms with Crippen LogP contribution in [0.2, 0.25) is 0 Å². The van der Waals surface area contributed by atoms with Gasteiger partial charge in [0.25, 0.3) is 0 Å². The molecular formula is C13H12F2N2O2. The molecule has 3 N–H and O–H groups in total. The number of benzene rings is 1. The van der Waals surface area contributed by atoms with Crippen molar-refractivity contribution in [3.8, 4) is 0 Å². The van der Waals surface area contributed by atoms with E-state index in [1.807, 2.05) is 0 Å².